The van der Waals surface area contributed by atoms with Gasteiger partial charge in [-0.3, -0.25) is 4.90 Å². The van der Waals surface area contributed by atoms with Crippen LogP contribution in [0.2, 0.25) is 0 Å². The molecule has 2 fully saturated rings. The monoisotopic (exact) mass is 356 g/mol. The van der Waals surface area contributed by atoms with Gasteiger partial charge in [0.15, 0.2) is 0 Å². The number of anilines is 1. The average molecular weight is 356 g/mol. The lowest BCUT2D eigenvalue weighted by Crippen LogP contribution is -2.44. The topological polar surface area (TPSA) is 6.48 Å². The van der Waals surface area contributed by atoms with Crippen molar-refractivity contribution in [3.63, 3.8) is 0 Å². The Labute approximate surface area is 123 Å². The Hall–Kier alpha value is -0.290. The Bertz CT molecular complexity index is 407. The zero-order valence-electron chi connectivity index (χ0n) is 10.8. The van der Waals surface area contributed by atoms with E-state index in [1.165, 1.54) is 61.1 Å². The number of hydrogen-bond acceptors (Lipinski definition) is 2. The fourth-order valence-corrected chi connectivity index (χ4v) is 4.03. The molecule has 2 heterocycles. The first-order chi connectivity index (χ1) is 8.84. The van der Waals surface area contributed by atoms with Crippen molar-refractivity contribution in [3.8, 4) is 0 Å². The van der Waals surface area contributed by atoms with E-state index in [9.17, 15) is 0 Å². The van der Waals surface area contributed by atoms with Crippen LogP contribution in [0.3, 0.4) is 0 Å². The second kappa shape index (κ2) is 5.78. The summed E-state index contributed by atoms with van der Waals surface area (Å²) in [6, 6.07) is 9.59. The minimum absolute atomic E-state index is 0.789. The molecule has 1 unspecified atom stereocenters. The summed E-state index contributed by atoms with van der Waals surface area (Å²) in [7, 11) is 0. The molecule has 0 amide bonds. The van der Waals surface area contributed by atoms with Gasteiger partial charge in [-0.25, -0.2) is 0 Å². The van der Waals surface area contributed by atoms with Gasteiger partial charge in [-0.2, -0.15) is 0 Å². The van der Waals surface area contributed by atoms with E-state index < -0.39 is 0 Å². The summed E-state index contributed by atoms with van der Waals surface area (Å²) in [4.78, 5) is 5.33. The van der Waals surface area contributed by atoms with Crippen molar-refractivity contribution in [2.75, 3.05) is 31.1 Å². The highest BCUT2D eigenvalue weighted by molar-refractivity contribution is 14.1. The molecule has 2 nitrogen and oxygen atoms in total. The van der Waals surface area contributed by atoms with Crippen molar-refractivity contribution in [1.29, 1.82) is 0 Å². The Balaban J connectivity index is 1.79. The number of halogens is 1. The second-order valence-electron chi connectivity index (χ2n) is 5.44. The van der Waals surface area contributed by atoms with Gasteiger partial charge in [0, 0.05) is 29.2 Å². The van der Waals surface area contributed by atoms with Crippen molar-refractivity contribution in [1.82, 2.24) is 4.90 Å². The van der Waals surface area contributed by atoms with E-state index in [1.807, 2.05) is 0 Å². The molecule has 0 aliphatic carbocycles. The molecule has 3 rings (SSSR count). The number of benzene rings is 1. The highest BCUT2D eigenvalue weighted by atomic mass is 127. The molecule has 2 saturated heterocycles. The summed E-state index contributed by atoms with van der Waals surface area (Å²) in [5.74, 6) is 0. The third kappa shape index (κ3) is 2.67. The first-order valence-electron chi connectivity index (χ1n) is 7.08. The van der Waals surface area contributed by atoms with Crippen LogP contribution in [0.5, 0.6) is 0 Å². The summed E-state index contributed by atoms with van der Waals surface area (Å²) in [6.45, 7) is 5.06. The van der Waals surface area contributed by atoms with Gasteiger partial charge < -0.3 is 4.90 Å². The SMILES string of the molecule is Ic1ccccc1N1CCCN2CCCCC2C1. The van der Waals surface area contributed by atoms with Gasteiger partial charge in [0.2, 0.25) is 0 Å². The minimum Gasteiger partial charge on any atom is -0.369 e. The van der Waals surface area contributed by atoms with Crippen LogP contribution in [0, 0.1) is 3.57 Å². The van der Waals surface area contributed by atoms with E-state index in [0.717, 1.165) is 6.04 Å². The lowest BCUT2D eigenvalue weighted by Gasteiger charge is -2.36. The standard InChI is InChI=1S/C15H21IN2/c16-14-7-1-2-8-15(14)18-11-5-10-17-9-4-3-6-13(17)12-18/h1-2,7-8,13H,3-6,9-12H2. The van der Waals surface area contributed by atoms with E-state index >= 15 is 0 Å². The normalized spacial score (nSPS) is 25.6. The zero-order valence-corrected chi connectivity index (χ0v) is 13.0. The molecule has 2 aliphatic rings. The molecule has 1 aromatic rings. The van der Waals surface area contributed by atoms with E-state index in [2.05, 4.69) is 56.7 Å². The molecule has 2 aliphatic heterocycles. The van der Waals surface area contributed by atoms with Crippen LogP contribution < -0.4 is 4.90 Å². The van der Waals surface area contributed by atoms with Crippen molar-refractivity contribution >= 4 is 28.3 Å². The molecule has 0 spiro atoms. The molecule has 98 valence electrons. The lowest BCUT2D eigenvalue weighted by molar-refractivity contribution is 0.162. The van der Waals surface area contributed by atoms with Crippen LogP contribution >= 0.6 is 22.6 Å². The van der Waals surface area contributed by atoms with Crippen molar-refractivity contribution in [2.24, 2.45) is 0 Å². The molecule has 1 atom stereocenters. The van der Waals surface area contributed by atoms with Crippen molar-refractivity contribution < 1.29 is 0 Å². The fourth-order valence-electron chi connectivity index (χ4n) is 3.30. The number of fused-ring (bicyclic) bond motifs is 1. The molecular formula is C15H21IN2. The number of piperidine rings is 1. The maximum Gasteiger partial charge on any atom is 0.0502 e. The van der Waals surface area contributed by atoms with Gasteiger partial charge in [0.25, 0.3) is 0 Å². The minimum atomic E-state index is 0.789. The van der Waals surface area contributed by atoms with Crippen LogP contribution in [0.4, 0.5) is 5.69 Å². The number of para-hydroxylation sites is 1. The molecule has 18 heavy (non-hydrogen) atoms. The Morgan fingerprint density at radius 3 is 2.72 bits per heavy atom. The smallest absolute Gasteiger partial charge is 0.0502 e. The predicted molar refractivity (Wildman–Crippen MR) is 85.2 cm³/mol. The first kappa shape index (κ1) is 12.7. The Kier molecular flexibility index (Phi) is 4.09. The van der Waals surface area contributed by atoms with E-state index in [1.54, 1.807) is 0 Å². The van der Waals surface area contributed by atoms with Gasteiger partial charge >= 0.3 is 0 Å². The second-order valence-corrected chi connectivity index (χ2v) is 6.60. The predicted octanol–water partition coefficient (Wildman–Crippen LogP) is 3.36. The third-order valence-electron chi connectivity index (χ3n) is 4.25. The summed E-state index contributed by atoms with van der Waals surface area (Å²) in [5, 5.41) is 0. The lowest BCUT2D eigenvalue weighted by atomic mass is 10.0. The van der Waals surface area contributed by atoms with E-state index in [4.69, 9.17) is 0 Å². The summed E-state index contributed by atoms with van der Waals surface area (Å²) >= 11 is 2.47. The van der Waals surface area contributed by atoms with Crippen LogP contribution in [-0.4, -0.2) is 37.1 Å². The highest BCUT2D eigenvalue weighted by Crippen LogP contribution is 2.27. The van der Waals surface area contributed by atoms with Crippen LogP contribution in [0.25, 0.3) is 0 Å². The summed E-state index contributed by atoms with van der Waals surface area (Å²) in [6.07, 6.45) is 5.52. The maximum atomic E-state index is 2.72. The van der Waals surface area contributed by atoms with Crippen LogP contribution in [0.1, 0.15) is 25.7 Å². The molecule has 0 saturated carbocycles. The van der Waals surface area contributed by atoms with Crippen molar-refractivity contribution in [3.05, 3.63) is 27.8 Å². The van der Waals surface area contributed by atoms with Gasteiger partial charge in [-0.05, 0) is 60.5 Å². The fraction of sp³-hybridized carbons (Fsp3) is 0.600. The molecular weight excluding hydrogens is 335 g/mol. The number of hydrogen-bond donors (Lipinski definition) is 0. The molecule has 0 radical (unpaired) electrons. The van der Waals surface area contributed by atoms with Crippen molar-refractivity contribution in [2.45, 2.75) is 31.7 Å². The molecule has 0 bridgehead atoms. The van der Waals surface area contributed by atoms with Crippen LogP contribution in [0.15, 0.2) is 24.3 Å². The molecule has 3 heteroatoms. The Morgan fingerprint density at radius 2 is 1.83 bits per heavy atom. The first-order valence-corrected chi connectivity index (χ1v) is 8.16. The number of nitrogens with zero attached hydrogens (tertiary/aromatic N) is 2. The third-order valence-corrected chi connectivity index (χ3v) is 5.16. The molecule has 0 N–H and O–H groups in total. The van der Waals surface area contributed by atoms with Crippen LogP contribution in [-0.2, 0) is 0 Å². The van der Waals surface area contributed by atoms with E-state index in [-0.39, 0.29) is 0 Å². The van der Waals surface area contributed by atoms with Gasteiger partial charge in [-0.1, -0.05) is 18.6 Å². The van der Waals surface area contributed by atoms with Gasteiger partial charge in [0.05, 0.1) is 5.69 Å². The molecule has 1 aromatic carbocycles. The Morgan fingerprint density at radius 1 is 1.00 bits per heavy atom. The molecule has 0 aromatic heterocycles. The zero-order chi connectivity index (χ0) is 12.4. The quantitative estimate of drug-likeness (QED) is 0.712. The maximum absolute atomic E-state index is 2.72. The van der Waals surface area contributed by atoms with Gasteiger partial charge in [0.1, 0.15) is 0 Å². The summed E-state index contributed by atoms with van der Waals surface area (Å²) < 4.78 is 1.39. The van der Waals surface area contributed by atoms with Gasteiger partial charge in [-0.15, -0.1) is 0 Å². The average Bonchev–Trinajstić information content (AvgIpc) is 2.61. The van der Waals surface area contributed by atoms with E-state index in [0.29, 0.717) is 0 Å². The summed E-state index contributed by atoms with van der Waals surface area (Å²) in [5.41, 5.74) is 1.44. The number of rotatable bonds is 1. The largest absolute Gasteiger partial charge is 0.369 e. The highest BCUT2D eigenvalue weighted by Gasteiger charge is 2.27.